The molecule has 0 aliphatic heterocycles. The van der Waals surface area contributed by atoms with Crippen molar-refractivity contribution in [2.75, 3.05) is 0 Å². The third-order valence-corrected chi connectivity index (χ3v) is 4.34. The van der Waals surface area contributed by atoms with Crippen LogP contribution in [-0.4, -0.2) is 10.6 Å². The largest absolute Gasteiger partial charge is 0.344 e. The minimum atomic E-state index is 0.612. The van der Waals surface area contributed by atoms with Crippen molar-refractivity contribution < 1.29 is 0 Å². The number of nitrogens with zero attached hydrogens (tertiary/aromatic N) is 1. The molecule has 0 amide bonds. The topological polar surface area (TPSA) is 43.0 Å². The van der Waals surface area contributed by atoms with Gasteiger partial charge in [0.25, 0.3) is 0 Å². The van der Waals surface area contributed by atoms with Gasteiger partial charge in [-0.15, -0.1) is 0 Å². The molecular formula is C16H23N3. The molecule has 1 aliphatic rings. The van der Waals surface area contributed by atoms with Gasteiger partial charge in [-0.3, -0.25) is 0 Å². The van der Waals surface area contributed by atoms with Crippen LogP contribution in [0.15, 0.2) is 24.3 Å². The van der Waals surface area contributed by atoms with E-state index in [1.54, 1.807) is 0 Å². The van der Waals surface area contributed by atoms with Crippen molar-refractivity contribution in [2.24, 2.45) is 5.73 Å². The Kier molecular flexibility index (Phi) is 3.58. The molecule has 19 heavy (non-hydrogen) atoms. The summed E-state index contributed by atoms with van der Waals surface area (Å²) in [6.07, 6.45) is 4.05. The molecule has 102 valence electrons. The van der Waals surface area contributed by atoms with E-state index in [0.717, 1.165) is 19.1 Å². The standard InChI is InChI=1S/C16H23N3/c1-2-19-14(11-18-13-6-4-7-13)9-15-12(10-17)5-3-8-16(15)19/h3,5,8-9,13,18H,2,4,6-7,10-11,17H2,1H3. The smallest absolute Gasteiger partial charge is 0.0486 e. The number of nitrogens with one attached hydrogen (secondary N) is 1. The first-order valence-electron chi connectivity index (χ1n) is 7.37. The highest BCUT2D eigenvalue weighted by Gasteiger charge is 2.17. The van der Waals surface area contributed by atoms with Gasteiger partial charge in [-0.2, -0.15) is 0 Å². The van der Waals surface area contributed by atoms with E-state index in [9.17, 15) is 0 Å². The lowest BCUT2D eigenvalue weighted by Crippen LogP contribution is -2.35. The fourth-order valence-corrected chi connectivity index (χ4v) is 2.96. The van der Waals surface area contributed by atoms with Crippen LogP contribution >= 0.6 is 0 Å². The summed E-state index contributed by atoms with van der Waals surface area (Å²) in [5.41, 5.74) is 9.79. The van der Waals surface area contributed by atoms with Crippen molar-refractivity contribution >= 4 is 10.9 Å². The summed E-state index contributed by atoms with van der Waals surface area (Å²) >= 11 is 0. The van der Waals surface area contributed by atoms with E-state index in [1.165, 1.54) is 41.4 Å². The van der Waals surface area contributed by atoms with Crippen molar-refractivity contribution in [3.8, 4) is 0 Å². The van der Waals surface area contributed by atoms with E-state index in [0.29, 0.717) is 6.54 Å². The molecule has 2 aromatic rings. The Bertz CT molecular complexity index is 567. The SMILES string of the molecule is CCn1c(CNC2CCC2)cc2c(CN)cccc21. The Labute approximate surface area is 114 Å². The fraction of sp³-hybridized carbons (Fsp3) is 0.500. The molecule has 1 fully saturated rings. The maximum absolute atomic E-state index is 5.84. The number of aromatic nitrogens is 1. The minimum Gasteiger partial charge on any atom is -0.344 e. The van der Waals surface area contributed by atoms with Crippen molar-refractivity contribution in [2.45, 2.75) is 51.9 Å². The highest BCUT2D eigenvalue weighted by atomic mass is 15.0. The quantitative estimate of drug-likeness (QED) is 0.865. The molecule has 1 aromatic carbocycles. The molecule has 0 bridgehead atoms. The predicted molar refractivity (Wildman–Crippen MR) is 80.0 cm³/mol. The van der Waals surface area contributed by atoms with Crippen molar-refractivity contribution in [1.82, 2.24) is 9.88 Å². The molecule has 0 atom stereocenters. The van der Waals surface area contributed by atoms with E-state index >= 15 is 0 Å². The van der Waals surface area contributed by atoms with Gasteiger partial charge in [-0.1, -0.05) is 18.6 Å². The van der Waals surface area contributed by atoms with Gasteiger partial charge < -0.3 is 15.6 Å². The first kappa shape index (κ1) is 12.7. The molecule has 1 saturated carbocycles. The highest BCUT2D eigenvalue weighted by Crippen LogP contribution is 2.24. The summed E-state index contributed by atoms with van der Waals surface area (Å²) in [5, 5.41) is 4.97. The molecule has 3 N–H and O–H groups in total. The molecular weight excluding hydrogens is 234 g/mol. The molecule has 3 heteroatoms. The van der Waals surface area contributed by atoms with E-state index in [-0.39, 0.29) is 0 Å². The van der Waals surface area contributed by atoms with Crippen LogP contribution < -0.4 is 11.1 Å². The van der Waals surface area contributed by atoms with Crippen LogP contribution in [0.2, 0.25) is 0 Å². The second-order valence-electron chi connectivity index (χ2n) is 5.44. The summed E-state index contributed by atoms with van der Waals surface area (Å²) in [7, 11) is 0. The predicted octanol–water partition coefficient (Wildman–Crippen LogP) is 2.76. The zero-order valence-corrected chi connectivity index (χ0v) is 11.7. The summed E-state index contributed by atoms with van der Waals surface area (Å²) in [6.45, 7) is 4.80. The van der Waals surface area contributed by atoms with Crippen molar-refractivity contribution in [3.05, 3.63) is 35.5 Å². The zero-order chi connectivity index (χ0) is 13.2. The van der Waals surface area contributed by atoms with E-state index in [1.807, 2.05) is 0 Å². The summed E-state index contributed by atoms with van der Waals surface area (Å²) in [4.78, 5) is 0. The monoisotopic (exact) mass is 257 g/mol. The molecule has 0 spiro atoms. The average molecular weight is 257 g/mol. The number of rotatable bonds is 5. The molecule has 1 aromatic heterocycles. The van der Waals surface area contributed by atoms with Crippen molar-refractivity contribution in [3.63, 3.8) is 0 Å². The van der Waals surface area contributed by atoms with Crippen LogP contribution in [-0.2, 0) is 19.6 Å². The van der Waals surface area contributed by atoms with E-state index in [4.69, 9.17) is 5.73 Å². The number of fused-ring (bicyclic) bond motifs is 1. The van der Waals surface area contributed by atoms with Gasteiger partial charge in [0.1, 0.15) is 0 Å². The number of hydrogen-bond acceptors (Lipinski definition) is 2. The minimum absolute atomic E-state index is 0.612. The Morgan fingerprint density at radius 3 is 2.84 bits per heavy atom. The van der Waals surface area contributed by atoms with Gasteiger partial charge >= 0.3 is 0 Å². The van der Waals surface area contributed by atoms with Gasteiger partial charge in [-0.05, 0) is 37.5 Å². The Morgan fingerprint density at radius 1 is 1.37 bits per heavy atom. The molecule has 0 unspecified atom stereocenters. The van der Waals surface area contributed by atoms with E-state index in [2.05, 4.69) is 41.1 Å². The van der Waals surface area contributed by atoms with E-state index < -0.39 is 0 Å². The molecule has 0 radical (unpaired) electrons. The number of aryl methyl sites for hydroxylation is 1. The summed E-state index contributed by atoms with van der Waals surface area (Å²) in [5.74, 6) is 0. The fourth-order valence-electron chi connectivity index (χ4n) is 2.96. The Morgan fingerprint density at radius 2 is 2.21 bits per heavy atom. The number of benzene rings is 1. The van der Waals surface area contributed by atoms with Crippen LogP contribution in [0.4, 0.5) is 0 Å². The maximum atomic E-state index is 5.84. The molecule has 3 rings (SSSR count). The zero-order valence-electron chi connectivity index (χ0n) is 11.7. The number of hydrogen-bond donors (Lipinski definition) is 2. The lowest BCUT2D eigenvalue weighted by Gasteiger charge is -2.26. The van der Waals surface area contributed by atoms with Gasteiger partial charge in [0.2, 0.25) is 0 Å². The van der Waals surface area contributed by atoms with Gasteiger partial charge in [0.15, 0.2) is 0 Å². The lowest BCUT2D eigenvalue weighted by atomic mass is 9.93. The number of nitrogens with two attached hydrogens (primary N) is 1. The third kappa shape index (κ3) is 2.28. The van der Waals surface area contributed by atoms with Crippen LogP contribution in [0.25, 0.3) is 10.9 Å². The van der Waals surface area contributed by atoms with Gasteiger partial charge in [0, 0.05) is 42.3 Å². The Balaban J connectivity index is 1.93. The summed E-state index contributed by atoms with van der Waals surface area (Å²) in [6, 6.07) is 9.49. The molecule has 3 nitrogen and oxygen atoms in total. The molecule has 1 aliphatic carbocycles. The second kappa shape index (κ2) is 5.35. The van der Waals surface area contributed by atoms with Gasteiger partial charge in [0.05, 0.1) is 0 Å². The normalized spacial score (nSPS) is 15.9. The average Bonchev–Trinajstić information content (AvgIpc) is 2.74. The lowest BCUT2D eigenvalue weighted by molar-refractivity contribution is 0.335. The van der Waals surface area contributed by atoms with Crippen LogP contribution in [0.3, 0.4) is 0 Å². The second-order valence-corrected chi connectivity index (χ2v) is 5.44. The third-order valence-electron chi connectivity index (χ3n) is 4.34. The molecule has 0 saturated heterocycles. The Hall–Kier alpha value is -1.32. The maximum Gasteiger partial charge on any atom is 0.0486 e. The highest BCUT2D eigenvalue weighted by molar-refractivity contribution is 5.84. The van der Waals surface area contributed by atoms with Crippen LogP contribution in [0, 0.1) is 0 Å². The molecule has 1 heterocycles. The van der Waals surface area contributed by atoms with Gasteiger partial charge in [-0.25, -0.2) is 0 Å². The summed E-state index contributed by atoms with van der Waals surface area (Å²) < 4.78 is 2.40. The first-order chi connectivity index (χ1) is 9.33. The van der Waals surface area contributed by atoms with Crippen molar-refractivity contribution in [1.29, 1.82) is 0 Å². The van der Waals surface area contributed by atoms with Crippen LogP contribution in [0.1, 0.15) is 37.4 Å². The first-order valence-corrected chi connectivity index (χ1v) is 7.37. The van der Waals surface area contributed by atoms with Crippen LogP contribution in [0.5, 0.6) is 0 Å².